The van der Waals surface area contributed by atoms with Gasteiger partial charge in [0.2, 0.25) is 0 Å². The second-order valence-electron chi connectivity index (χ2n) is 5.48. The molecule has 0 unspecified atom stereocenters. The van der Waals surface area contributed by atoms with Gasteiger partial charge in [-0.05, 0) is 41.8 Å². The van der Waals surface area contributed by atoms with Crippen LogP contribution in [0.2, 0.25) is 0 Å². The summed E-state index contributed by atoms with van der Waals surface area (Å²) >= 11 is 0. The molecule has 1 N–H and O–H groups in total. The SMILES string of the molecule is CCNCc1cccc(CN(C)c2ccc(CC)cc2)c1. The fourth-order valence-electron chi connectivity index (χ4n) is 2.46. The molecule has 2 aromatic rings. The summed E-state index contributed by atoms with van der Waals surface area (Å²) in [5, 5.41) is 3.38. The molecule has 0 bridgehead atoms. The van der Waals surface area contributed by atoms with E-state index in [-0.39, 0.29) is 0 Å². The quantitative estimate of drug-likeness (QED) is 0.826. The zero-order valence-electron chi connectivity index (χ0n) is 13.4. The van der Waals surface area contributed by atoms with Crippen LogP contribution in [0.15, 0.2) is 48.5 Å². The molecule has 0 fully saturated rings. The van der Waals surface area contributed by atoms with Crippen LogP contribution in [0.4, 0.5) is 5.69 Å². The van der Waals surface area contributed by atoms with Crippen molar-refractivity contribution >= 4 is 5.69 Å². The number of hydrogen-bond acceptors (Lipinski definition) is 2. The van der Waals surface area contributed by atoms with Gasteiger partial charge in [0.25, 0.3) is 0 Å². The highest BCUT2D eigenvalue weighted by Gasteiger charge is 2.03. The summed E-state index contributed by atoms with van der Waals surface area (Å²) in [5.41, 5.74) is 5.36. The molecule has 0 heterocycles. The molecule has 2 rings (SSSR count). The normalized spacial score (nSPS) is 10.6. The molecular weight excluding hydrogens is 256 g/mol. The molecule has 0 saturated heterocycles. The molecule has 0 aliphatic heterocycles. The number of benzene rings is 2. The van der Waals surface area contributed by atoms with Gasteiger partial charge >= 0.3 is 0 Å². The molecule has 2 aromatic carbocycles. The Labute approximate surface area is 128 Å². The molecule has 2 heteroatoms. The minimum atomic E-state index is 0.936. The number of nitrogens with zero attached hydrogens (tertiary/aromatic N) is 1. The van der Waals surface area contributed by atoms with Crippen molar-refractivity contribution in [2.24, 2.45) is 0 Å². The lowest BCUT2D eigenvalue weighted by atomic mass is 10.1. The Bertz CT molecular complexity index is 546. The summed E-state index contributed by atoms with van der Waals surface area (Å²) in [5.74, 6) is 0. The predicted octanol–water partition coefficient (Wildman–Crippen LogP) is 3.99. The average molecular weight is 282 g/mol. The fourth-order valence-corrected chi connectivity index (χ4v) is 2.46. The van der Waals surface area contributed by atoms with Gasteiger partial charge in [0.15, 0.2) is 0 Å². The summed E-state index contributed by atoms with van der Waals surface area (Å²) in [6, 6.07) is 17.7. The lowest BCUT2D eigenvalue weighted by Gasteiger charge is -2.20. The van der Waals surface area contributed by atoms with Crippen LogP contribution in [-0.4, -0.2) is 13.6 Å². The largest absolute Gasteiger partial charge is 0.370 e. The van der Waals surface area contributed by atoms with Crippen molar-refractivity contribution in [3.05, 3.63) is 65.2 Å². The first kappa shape index (κ1) is 15.6. The van der Waals surface area contributed by atoms with E-state index >= 15 is 0 Å². The summed E-state index contributed by atoms with van der Waals surface area (Å²) in [6.45, 7) is 7.21. The Hall–Kier alpha value is -1.80. The van der Waals surface area contributed by atoms with Crippen molar-refractivity contribution in [3.8, 4) is 0 Å². The molecule has 21 heavy (non-hydrogen) atoms. The minimum absolute atomic E-state index is 0.936. The van der Waals surface area contributed by atoms with Crippen LogP contribution in [0, 0.1) is 0 Å². The highest BCUT2D eigenvalue weighted by molar-refractivity contribution is 5.47. The lowest BCUT2D eigenvalue weighted by Crippen LogP contribution is -2.17. The van der Waals surface area contributed by atoms with Gasteiger partial charge in [-0.2, -0.15) is 0 Å². The molecule has 112 valence electrons. The highest BCUT2D eigenvalue weighted by Crippen LogP contribution is 2.17. The van der Waals surface area contributed by atoms with Crippen LogP contribution in [0.1, 0.15) is 30.5 Å². The van der Waals surface area contributed by atoms with Gasteiger partial charge in [0, 0.05) is 25.8 Å². The first-order valence-corrected chi connectivity index (χ1v) is 7.81. The van der Waals surface area contributed by atoms with Crippen LogP contribution in [0.25, 0.3) is 0 Å². The minimum Gasteiger partial charge on any atom is -0.370 e. The Balaban J connectivity index is 2.02. The summed E-state index contributed by atoms with van der Waals surface area (Å²) in [6.07, 6.45) is 1.09. The van der Waals surface area contributed by atoms with Gasteiger partial charge in [-0.1, -0.05) is 50.2 Å². The third-order valence-electron chi connectivity index (χ3n) is 3.78. The van der Waals surface area contributed by atoms with Crippen molar-refractivity contribution in [1.29, 1.82) is 0 Å². The van der Waals surface area contributed by atoms with Crippen molar-refractivity contribution in [1.82, 2.24) is 5.32 Å². The van der Waals surface area contributed by atoms with Crippen molar-refractivity contribution in [2.45, 2.75) is 33.4 Å². The smallest absolute Gasteiger partial charge is 0.0426 e. The molecule has 0 aliphatic rings. The standard InChI is InChI=1S/C19H26N2/c1-4-16-9-11-19(12-10-16)21(3)15-18-8-6-7-17(13-18)14-20-5-2/h6-13,20H,4-5,14-15H2,1-3H3. The molecular formula is C19H26N2. The van der Waals surface area contributed by atoms with E-state index in [4.69, 9.17) is 0 Å². The molecule has 0 aliphatic carbocycles. The van der Waals surface area contributed by atoms with Gasteiger partial charge in [0.05, 0.1) is 0 Å². The highest BCUT2D eigenvalue weighted by atomic mass is 15.1. The van der Waals surface area contributed by atoms with Gasteiger partial charge in [-0.3, -0.25) is 0 Å². The van der Waals surface area contributed by atoms with Gasteiger partial charge in [0.1, 0.15) is 0 Å². The van der Waals surface area contributed by atoms with Crippen LogP contribution in [0.5, 0.6) is 0 Å². The van der Waals surface area contributed by atoms with E-state index in [2.05, 4.69) is 79.6 Å². The summed E-state index contributed by atoms with van der Waals surface area (Å²) < 4.78 is 0. The Kier molecular flexibility index (Phi) is 5.82. The van der Waals surface area contributed by atoms with E-state index < -0.39 is 0 Å². The third kappa shape index (κ3) is 4.61. The van der Waals surface area contributed by atoms with Crippen molar-refractivity contribution in [2.75, 3.05) is 18.5 Å². The van der Waals surface area contributed by atoms with Gasteiger partial charge in [-0.15, -0.1) is 0 Å². The van der Waals surface area contributed by atoms with Crippen molar-refractivity contribution < 1.29 is 0 Å². The number of nitrogens with one attached hydrogen (secondary N) is 1. The topological polar surface area (TPSA) is 15.3 Å². The Morgan fingerprint density at radius 2 is 1.62 bits per heavy atom. The van der Waals surface area contributed by atoms with Gasteiger partial charge in [-0.25, -0.2) is 0 Å². The molecule has 0 saturated carbocycles. The van der Waals surface area contributed by atoms with E-state index in [0.29, 0.717) is 0 Å². The number of aryl methyl sites for hydroxylation is 1. The summed E-state index contributed by atoms with van der Waals surface area (Å²) in [7, 11) is 2.15. The zero-order valence-corrected chi connectivity index (χ0v) is 13.4. The molecule has 0 aromatic heterocycles. The molecule has 0 atom stereocenters. The van der Waals surface area contributed by atoms with E-state index in [1.807, 2.05) is 0 Å². The maximum atomic E-state index is 3.38. The molecule has 2 nitrogen and oxygen atoms in total. The van der Waals surface area contributed by atoms with Gasteiger partial charge < -0.3 is 10.2 Å². The first-order valence-electron chi connectivity index (χ1n) is 7.81. The zero-order chi connectivity index (χ0) is 15.1. The molecule has 0 spiro atoms. The van der Waals surface area contributed by atoms with Crippen molar-refractivity contribution in [3.63, 3.8) is 0 Å². The second-order valence-corrected chi connectivity index (χ2v) is 5.48. The predicted molar refractivity (Wildman–Crippen MR) is 91.7 cm³/mol. The monoisotopic (exact) mass is 282 g/mol. The second kappa shape index (κ2) is 7.84. The fraction of sp³-hybridized carbons (Fsp3) is 0.368. The molecule has 0 radical (unpaired) electrons. The Morgan fingerprint density at radius 1 is 0.905 bits per heavy atom. The van der Waals surface area contributed by atoms with Crippen LogP contribution in [0.3, 0.4) is 0 Å². The van der Waals surface area contributed by atoms with E-state index in [1.54, 1.807) is 0 Å². The number of anilines is 1. The lowest BCUT2D eigenvalue weighted by molar-refractivity contribution is 0.725. The summed E-state index contributed by atoms with van der Waals surface area (Å²) in [4.78, 5) is 2.30. The first-order chi connectivity index (χ1) is 10.2. The Morgan fingerprint density at radius 3 is 2.29 bits per heavy atom. The maximum Gasteiger partial charge on any atom is 0.0426 e. The van der Waals surface area contributed by atoms with E-state index in [1.165, 1.54) is 22.4 Å². The van der Waals surface area contributed by atoms with E-state index in [9.17, 15) is 0 Å². The number of rotatable bonds is 7. The third-order valence-corrected chi connectivity index (χ3v) is 3.78. The van der Waals surface area contributed by atoms with Crippen LogP contribution in [-0.2, 0) is 19.5 Å². The van der Waals surface area contributed by atoms with E-state index in [0.717, 1.165) is 26.1 Å². The maximum absolute atomic E-state index is 3.38. The average Bonchev–Trinajstić information content (AvgIpc) is 2.53. The van der Waals surface area contributed by atoms with Crippen LogP contribution >= 0.6 is 0 Å². The number of hydrogen-bond donors (Lipinski definition) is 1. The molecule has 0 amide bonds. The van der Waals surface area contributed by atoms with Crippen LogP contribution < -0.4 is 10.2 Å².